The van der Waals surface area contributed by atoms with E-state index >= 15 is 0 Å². The lowest BCUT2D eigenvalue weighted by Gasteiger charge is -2.08. The second-order valence-electron chi connectivity index (χ2n) is 6.17. The van der Waals surface area contributed by atoms with E-state index in [4.69, 9.17) is 4.52 Å². The molecule has 0 aliphatic carbocycles. The summed E-state index contributed by atoms with van der Waals surface area (Å²) >= 11 is 0. The topological polar surface area (TPSA) is 60.9 Å². The highest BCUT2D eigenvalue weighted by atomic mass is 19.4. The fourth-order valence-corrected chi connectivity index (χ4v) is 2.42. The van der Waals surface area contributed by atoms with Gasteiger partial charge in [0.05, 0.1) is 5.56 Å². The van der Waals surface area contributed by atoms with Gasteiger partial charge in [-0.25, -0.2) is 0 Å². The van der Waals surface area contributed by atoms with Gasteiger partial charge in [0.25, 0.3) is 5.56 Å². The first-order valence-electron chi connectivity index (χ1n) is 7.94. The maximum atomic E-state index is 12.8. The third-order valence-electron chi connectivity index (χ3n) is 3.92. The third kappa shape index (κ3) is 3.84. The molecule has 0 bridgehead atoms. The summed E-state index contributed by atoms with van der Waals surface area (Å²) in [5.41, 5.74) is 0.383. The summed E-state index contributed by atoms with van der Waals surface area (Å²) < 4.78 is 44.3. The minimum Gasteiger partial charge on any atom is -0.337 e. The Morgan fingerprint density at radius 3 is 2.42 bits per heavy atom. The van der Waals surface area contributed by atoms with Gasteiger partial charge in [0.15, 0.2) is 0 Å². The van der Waals surface area contributed by atoms with Crippen molar-refractivity contribution in [2.45, 2.75) is 32.5 Å². The van der Waals surface area contributed by atoms with Gasteiger partial charge in [-0.05, 0) is 17.5 Å². The van der Waals surface area contributed by atoms with Crippen LogP contribution in [0.3, 0.4) is 0 Å². The van der Waals surface area contributed by atoms with Gasteiger partial charge in [-0.3, -0.25) is 4.79 Å². The van der Waals surface area contributed by atoms with E-state index in [0.717, 1.165) is 34.0 Å². The van der Waals surface area contributed by atoms with Gasteiger partial charge in [-0.2, -0.15) is 18.2 Å². The van der Waals surface area contributed by atoms with Gasteiger partial charge >= 0.3 is 6.18 Å². The fraction of sp³-hybridized carbons (Fsp3) is 0.278. The van der Waals surface area contributed by atoms with Gasteiger partial charge in [0.1, 0.15) is 6.54 Å². The van der Waals surface area contributed by atoms with E-state index in [1.54, 1.807) is 0 Å². The molecule has 0 atom stereocenters. The Labute approximate surface area is 147 Å². The molecule has 0 spiro atoms. The average molecular weight is 363 g/mol. The Bertz CT molecular complexity index is 957. The van der Waals surface area contributed by atoms with Crippen LogP contribution in [-0.2, 0) is 12.7 Å². The van der Waals surface area contributed by atoms with Crippen LogP contribution < -0.4 is 5.56 Å². The van der Waals surface area contributed by atoms with Crippen molar-refractivity contribution in [1.29, 1.82) is 0 Å². The molecule has 0 saturated carbocycles. The highest BCUT2D eigenvalue weighted by Gasteiger charge is 2.31. The maximum absolute atomic E-state index is 12.8. The largest absolute Gasteiger partial charge is 0.417 e. The fourth-order valence-electron chi connectivity index (χ4n) is 2.42. The molecule has 0 aliphatic rings. The molecule has 3 aromatic rings. The molecule has 2 heterocycles. The second kappa shape index (κ2) is 6.78. The molecule has 136 valence electrons. The zero-order chi connectivity index (χ0) is 18.9. The summed E-state index contributed by atoms with van der Waals surface area (Å²) in [6.45, 7) is 3.92. The molecular formula is C18H16F3N3O2. The number of nitrogens with zero attached hydrogens (tertiary/aromatic N) is 3. The average Bonchev–Trinajstić information content (AvgIpc) is 3.04. The molecule has 0 fully saturated rings. The second-order valence-corrected chi connectivity index (χ2v) is 6.17. The van der Waals surface area contributed by atoms with Crippen molar-refractivity contribution < 1.29 is 17.7 Å². The Balaban J connectivity index is 1.84. The van der Waals surface area contributed by atoms with Crippen LogP contribution in [0, 0.1) is 0 Å². The Hall–Kier alpha value is -2.90. The van der Waals surface area contributed by atoms with Crippen molar-refractivity contribution in [2.75, 3.05) is 0 Å². The highest BCUT2D eigenvalue weighted by Crippen LogP contribution is 2.28. The van der Waals surface area contributed by atoms with E-state index in [9.17, 15) is 18.0 Å². The molecule has 3 rings (SSSR count). The van der Waals surface area contributed by atoms with Gasteiger partial charge in [0, 0.05) is 17.8 Å². The first-order valence-corrected chi connectivity index (χ1v) is 7.94. The molecule has 26 heavy (non-hydrogen) atoms. The molecule has 5 nitrogen and oxygen atoms in total. The molecule has 8 heteroatoms. The first-order chi connectivity index (χ1) is 12.2. The summed E-state index contributed by atoms with van der Waals surface area (Å²) in [5.74, 6) is 0.752. The number of hydrogen-bond donors (Lipinski definition) is 0. The van der Waals surface area contributed by atoms with Crippen LogP contribution in [0.5, 0.6) is 0 Å². The van der Waals surface area contributed by atoms with Crippen LogP contribution in [0.15, 0.2) is 51.9 Å². The Morgan fingerprint density at radius 1 is 1.12 bits per heavy atom. The standard InChI is InChI=1S/C18H16F3N3O2/c1-11(2)12-3-5-13(6-4-12)17-22-15(26-23-17)10-24-9-14(18(19,20)21)7-8-16(24)25/h3-9,11H,10H2,1-2H3. The molecule has 0 N–H and O–H groups in total. The lowest BCUT2D eigenvalue weighted by Crippen LogP contribution is -2.22. The quantitative estimate of drug-likeness (QED) is 0.701. The number of pyridine rings is 1. The minimum absolute atomic E-state index is 0.0503. The van der Waals surface area contributed by atoms with E-state index in [1.165, 1.54) is 0 Å². The van der Waals surface area contributed by atoms with Crippen LogP contribution in [0.1, 0.15) is 36.8 Å². The maximum Gasteiger partial charge on any atom is 0.417 e. The normalized spacial score (nSPS) is 11.9. The molecule has 0 amide bonds. The molecular weight excluding hydrogens is 347 g/mol. The number of rotatable bonds is 4. The van der Waals surface area contributed by atoms with Crippen LogP contribution >= 0.6 is 0 Å². The van der Waals surface area contributed by atoms with Gasteiger partial charge < -0.3 is 9.09 Å². The lowest BCUT2D eigenvalue weighted by atomic mass is 10.0. The van der Waals surface area contributed by atoms with Crippen molar-refractivity contribution in [3.8, 4) is 11.4 Å². The molecule has 0 saturated heterocycles. The van der Waals surface area contributed by atoms with E-state index in [0.29, 0.717) is 11.7 Å². The van der Waals surface area contributed by atoms with Crippen molar-refractivity contribution in [3.05, 3.63) is 70.0 Å². The SMILES string of the molecule is CC(C)c1ccc(-c2noc(Cn3cc(C(F)(F)F)ccc3=O)n2)cc1. The van der Waals surface area contributed by atoms with Crippen LogP contribution in [0.2, 0.25) is 0 Å². The molecule has 1 aromatic carbocycles. The Morgan fingerprint density at radius 2 is 1.81 bits per heavy atom. The molecule has 0 radical (unpaired) electrons. The smallest absolute Gasteiger partial charge is 0.337 e. The number of aromatic nitrogens is 3. The highest BCUT2D eigenvalue weighted by molar-refractivity contribution is 5.54. The minimum atomic E-state index is -4.53. The zero-order valence-corrected chi connectivity index (χ0v) is 14.1. The van der Waals surface area contributed by atoms with Crippen molar-refractivity contribution in [3.63, 3.8) is 0 Å². The van der Waals surface area contributed by atoms with Gasteiger partial charge in [-0.1, -0.05) is 43.3 Å². The van der Waals surface area contributed by atoms with Crippen molar-refractivity contribution in [1.82, 2.24) is 14.7 Å². The van der Waals surface area contributed by atoms with Crippen molar-refractivity contribution >= 4 is 0 Å². The molecule has 0 unspecified atom stereocenters. The predicted molar refractivity (Wildman–Crippen MR) is 88.6 cm³/mol. The summed E-state index contributed by atoms with van der Waals surface area (Å²) in [5, 5.41) is 3.83. The van der Waals surface area contributed by atoms with Gasteiger partial charge in [0.2, 0.25) is 11.7 Å². The monoisotopic (exact) mass is 363 g/mol. The number of benzene rings is 1. The van der Waals surface area contributed by atoms with E-state index in [1.807, 2.05) is 24.3 Å². The van der Waals surface area contributed by atoms with Crippen LogP contribution in [0.25, 0.3) is 11.4 Å². The van der Waals surface area contributed by atoms with Gasteiger partial charge in [-0.15, -0.1) is 0 Å². The zero-order valence-electron chi connectivity index (χ0n) is 14.1. The first kappa shape index (κ1) is 17.9. The third-order valence-corrected chi connectivity index (χ3v) is 3.92. The van der Waals surface area contributed by atoms with Crippen molar-refractivity contribution in [2.24, 2.45) is 0 Å². The predicted octanol–water partition coefficient (Wildman–Crippen LogP) is 4.09. The van der Waals surface area contributed by atoms with E-state index < -0.39 is 17.3 Å². The van der Waals surface area contributed by atoms with Crippen LogP contribution in [-0.4, -0.2) is 14.7 Å². The molecule has 2 aromatic heterocycles. The lowest BCUT2D eigenvalue weighted by molar-refractivity contribution is -0.138. The summed E-state index contributed by atoms with van der Waals surface area (Å²) in [7, 11) is 0. The van der Waals surface area contributed by atoms with Crippen LogP contribution in [0.4, 0.5) is 13.2 Å². The summed E-state index contributed by atoms with van der Waals surface area (Å²) in [4.78, 5) is 16.0. The number of halogens is 3. The summed E-state index contributed by atoms with van der Waals surface area (Å²) in [6, 6.07) is 9.21. The van der Waals surface area contributed by atoms with E-state index in [2.05, 4.69) is 24.0 Å². The Kier molecular flexibility index (Phi) is 4.67. The number of hydrogen-bond acceptors (Lipinski definition) is 4. The van der Waals surface area contributed by atoms with E-state index in [-0.39, 0.29) is 12.4 Å². The number of alkyl halides is 3. The molecule has 0 aliphatic heterocycles. The summed E-state index contributed by atoms with van der Waals surface area (Å²) in [6.07, 6.45) is -3.79.